The lowest BCUT2D eigenvalue weighted by atomic mass is 9.42. The predicted molar refractivity (Wildman–Crippen MR) is 113 cm³/mol. The van der Waals surface area contributed by atoms with Gasteiger partial charge in [-0.3, -0.25) is 0 Å². The molecule has 1 spiro atoms. The van der Waals surface area contributed by atoms with E-state index in [1.54, 1.807) is 0 Å². The maximum absolute atomic E-state index is 12.6. The van der Waals surface area contributed by atoms with Gasteiger partial charge >= 0.3 is 6.03 Å². The Bertz CT molecular complexity index is 663. The van der Waals surface area contributed by atoms with Crippen LogP contribution in [0.4, 0.5) is 4.79 Å². The van der Waals surface area contributed by atoms with Crippen LogP contribution in [0.15, 0.2) is 12.2 Å². The number of hydrogen-bond donors (Lipinski definition) is 3. The number of amides is 2. The number of carbonyl (C=O) groups excluding carboxylic acids is 1. The molecule has 0 aromatic carbocycles. The van der Waals surface area contributed by atoms with Crippen LogP contribution in [0.2, 0.25) is 0 Å². The van der Waals surface area contributed by atoms with Crippen molar-refractivity contribution in [2.24, 2.45) is 22.7 Å². The first-order valence-corrected chi connectivity index (χ1v) is 11.6. The van der Waals surface area contributed by atoms with Crippen molar-refractivity contribution in [1.29, 1.82) is 0 Å². The fourth-order valence-corrected chi connectivity index (χ4v) is 8.18. The lowest BCUT2D eigenvalue weighted by Crippen LogP contribution is -2.65. The average molecular weight is 389 g/mol. The summed E-state index contributed by atoms with van der Waals surface area (Å²) in [4.78, 5) is 12.6. The van der Waals surface area contributed by atoms with Crippen molar-refractivity contribution in [1.82, 2.24) is 10.6 Å². The van der Waals surface area contributed by atoms with Gasteiger partial charge in [-0.2, -0.15) is 0 Å². The van der Waals surface area contributed by atoms with Crippen LogP contribution in [0, 0.1) is 22.7 Å². The van der Waals surface area contributed by atoms with Crippen LogP contribution in [-0.4, -0.2) is 28.8 Å². The molecule has 4 saturated carbocycles. The van der Waals surface area contributed by atoms with E-state index in [9.17, 15) is 9.90 Å². The monoisotopic (exact) mass is 388 g/mol. The molecule has 0 saturated heterocycles. The minimum Gasteiger partial charge on any atom is -0.386 e. The summed E-state index contributed by atoms with van der Waals surface area (Å²) in [7, 11) is 0. The molecule has 4 aliphatic carbocycles. The molecule has 0 radical (unpaired) electrons. The topological polar surface area (TPSA) is 61.4 Å². The van der Waals surface area contributed by atoms with Gasteiger partial charge in [-0.25, -0.2) is 4.79 Å². The summed E-state index contributed by atoms with van der Waals surface area (Å²) in [6.07, 6.45) is 11.9. The Hall–Kier alpha value is -1.03. The summed E-state index contributed by atoms with van der Waals surface area (Å²) in [5.41, 5.74) is 0.845. The van der Waals surface area contributed by atoms with Crippen LogP contribution in [0.5, 0.6) is 0 Å². The lowest BCUT2D eigenvalue weighted by Gasteiger charge is -2.64. The highest BCUT2D eigenvalue weighted by atomic mass is 16.3. The average Bonchev–Trinajstić information content (AvgIpc) is 2.78. The highest BCUT2D eigenvalue weighted by molar-refractivity contribution is 5.74. The summed E-state index contributed by atoms with van der Waals surface area (Å²) in [6, 6.07) is 0.00718. The van der Waals surface area contributed by atoms with E-state index in [4.69, 9.17) is 0 Å². The minimum absolute atomic E-state index is 0.00718. The molecule has 28 heavy (non-hydrogen) atoms. The number of nitrogens with one attached hydrogen (secondary N) is 2. The zero-order chi connectivity index (χ0) is 20.2. The van der Waals surface area contributed by atoms with Crippen molar-refractivity contribution in [2.45, 2.75) is 103 Å². The Balaban J connectivity index is 1.55. The standard InChI is InChI=1S/C24H40N2O2/c1-5-6-14-25-20(27)26-22(4)11-7-10-21(3)18(22)8-12-23-15-17(2)24(28,16-23)13-9-19(21)23/h18-19,28H,2,5-16H2,1,3-4H3,(H2,25,26,27)/t18-,19-,21+,22+,23+,24-/m0/s1. The quantitative estimate of drug-likeness (QED) is 0.473. The first kappa shape index (κ1) is 20.3. The number of rotatable bonds is 4. The first-order valence-electron chi connectivity index (χ1n) is 11.6. The molecule has 4 nitrogen and oxygen atoms in total. The molecule has 3 N–H and O–H groups in total. The van der Waals surface area contributed by atoms with Crippen LogP contribution in [0.3, 0.4) is 0 Å². The van der Waals surface area contributed by atoms with Crippen LogP contribution in [-0.2, 0) is 0 Å². The predicted octanol–water partition coefficient (Wildman–Crippen LogP) is 4.92. The number of carbonyl (C=O) groups is 1. The number of urea groups is 1. The fraction of sp³-hybridized carbons (Fsp3) is 0.875. The van der Waals surface area contributed by atoms with Gasteiger partial charge in [0, 0.05) is 12.1 Å². The second kappa shape index (κ2) is 6.75. The van der Waals surface area contributed by atoms with E-state index in [1.807, 2.05) is 0 Å². The maximum atomic E-state index is 12.6. The summed E-state index contributed by atoms with van der Waals surface area (Å²) in [5, 5.41) is 17.5. The van der Waals surface area contributed by atoms with Gasteiger partial charge in [0.15, 0.2) is 0 Å². The molecule has 0 aromatic rings. The number of fused-ring (bicyclic) bond motifs is 3. The second-order valence-electron chi connectivity index (χ2n) is 11.0. The van der Waals surface area contributed by atoms with Gasteiger partial charge in [0.2, 0.25) is 0 Å². The summed E-state index contributed by atoms with van der Waals surface area (Å²) in [5.74, 6) is 1.16. The molecule has 0 aliphatic heterocycles. The third kappa shape index (κ3) is 2.93. The zero-order valence-electron chi connectivity index (χ0n) is 18.2. The van der Waals surface area contributed by atoms with E-state index in [1.165, 1.54) is 19.3 Å². The van der Waals surface area contributed by atoms with E-state index in [0.717, 1.165) is 63.5 Å². The fourth-order valence-electron chi connectivity index (χ4n) is 8.18. The van der Waals surface area contributed by atoms with Crippen molar-refractivity contribution >= 4 is 6.03 Å². The molecular formula is C24H40N2O2. The Morgan fingerprint density at radius 1 is 1.18 bits per heavy atom. The van der Waals surface area contributed by atoms with Gasteiger partial charge in [0.1, 0.15) is 0 Å². The molecule has 2 bridgehead atoms. The van der Waals surface area contributed by atoms with Crippen LogP contribution in [0.25, 0.3) is 0 Å². The van der Waals surface area contributed by atoms with Gasteiger partial charge < -0.3 is 15.7 Å². The first-order chi connectivity index (χ1) is 13.2. The molecule has 4 aliphatic rings. The smallest absolute Gasteiger partial charge is 0.315 e. The van der Waals surface area contributed by atoms with E-state index in [-0.39, 0.29) is 22.4 Å². The van der Waals surface area contributed by atoms with Crippen molar-refractivity contribution in [3.05, 3.63) is 12.2 Å². The van der Waals surface area contributed by atoms with Crippen LogP contribution >= 0.6 is 0 Å². The molecule has 0 aromatic heterocycles. The zero-order valence-corrected chi connectivity index (χ0v) is 18.2. The Kier molecular flexibility index (Phi) is 4.88. The van der Waals surface area contributed by atoms with Gasteiger partial charge in [-0.05, 0) is 93.0 Å². The van der Waals surface area contributed by atoms with E-state index < -0.39 is 5.60 Å². The van der Waals surface area contributed by atoms with Crippen molar-refractivity contribution in [2.75, 3.05) is 6.54 Å². The number of hydrogen-bond acceptors (Lipinski definition) is 2. The van der Waals surface area contributed by atoms with Gasteiger partial charge in [-0.15, -0.1) is 0 Å². The van der Waals surface area contributed by atoms with Crippen molar-refractivity contribution in [3.63, 3.8) is 0 Å². The van der Waals surface area contributed by atoms with Crippen molar-refractivity contribution in [3.8, 4) is 0 Å². The molecule has 4 fully saturated rings. The van der Waals surface area contributed by atoms with Crippen LogP contribution in [0.1, 0.15) is 91.4 Å². The SMILES string of the molecule is C=C1C[C@@]23CC[C@H]4[C@@](C)(CCC[C@@]4(C)NC(=O)NCCCC)[C@@H]2CC[C@]1(O)C3. The summed E-state index contributed by atoms with van der Waals surface area (Å²) < 4.78 is 0. The van der Waals surface area contributed by atoms with Gasteiger partial charge in [0.05, 0.1) is 5.60 Å². The largest absolute Gasteiger partial charge is 0.386 e. The molecule has 6 atom stereocenters. The van der Waals surface area contributed by atoms with E-state index in [0.29, 0.717) is 11.8 Å². The molecular weight excluding hydrogens is 348 g/mol. The lowest BCUT2D eigenvalue weighted by molar-refractivity contribution is -0.148. The van der Waals surface area contributed by atoms with E-state index in [2.05, 4.69) is 38.0 Å². The van der Waals surface area contributed by atoms with Gasteiger partial charge in [0.25, 0.3) is 0 Å². The Labute approximate surface area is 170 Å². The summed E-state index contributed by atoms with van der Waals surface area (Å²) in [6.45, 7) is 12.0. The second-order valence-corrected chi connectivity index (χ2v) is 11.0. The maximum Gasteiger partial charge on any atom is 0.315 e. The Morgan fingerprint density at radius 3 is 2.68 bits per heavy atom. The van der Waals surface area contributed by atoms with Crippen LogP contribution < -0.4 is 10.6 Å². The molecule has 4 rings (SSSR count). The number of aliphatic hydroxyl groups is 1. The van der Waals surface area contributed by atoms with E-state index >= 15 is 0 Å². The summed E-state index contributed by atoms with van der Waals surface area (Å²) >= 11 is 0. The molecule has 0 unspecified atom stereocenters. The third-order valence-electron chi connectivity index (χ3n) is 9.37. The third-order valence-corrected chi connectivity index (χ3v) is 9.37. The minimum atomic E-state index is -0.602. The van der Waals surface area contributed by atoms with Gasteiger partial charge in [-0.1, -0.05) is 33.3 Å². The molecule has 4 heteroatoms. The van der Waals surface area contributed by atoms with Crippen molar-refractivity contribution < 1.29 is 9.90 Å². The molecule has 0 heterocycles. The molecule has 158 valence electrons. The highest BCUT2D eigenvalue weighted by Crippen LogP contribution is 2.71. The number of unbranched alkanes of at least 4 members (excludes halogenated alkanes) is 1. The Morgan fingerprint density at radius 2 is 1.93 bits per heavy atom. The highest BCUT2D eigenvalue weighted by Gasteiger charge is 2.66. The molecule has 2 amide bonds. The normalized spacial score (nSPS) is 47.2.